The summed E-state index contributed by atoms with van der Waals surface area (Å²) in [5.41, 5.74) is 6.71. The van der Waals surface area contributed by atoms with E-state index in [9.17, 15) is 4.79 Å². The Morgan fingerprint density at radius 3 is 2.50 bits per heavy atom. The van der Waals surface area contributed by atoms with Crippen LogP contribution in [0.4, 0.5) is 0 Å². The van der Waals surface area contributed by atoms with Gasteiger partial charge >= 0.3 is 0 Å². The van der Waals surface area contributed by atoms with Crippen LogP contribution in [0.5, 0.6) is 0 Å². The maximum atomic E-state index is 12.1. The Bertz CT molecular complexity index is 349. The molecule has 0 aliphatic heterocycles. The quantitative estimate of drug-likeness (QED) is 0.805. The number of amides is 1. The summed E-state index contributed by atoms with van der Waals surface area (Å²) in [6.07, 6.45) is 1.47. The van der Waals surface area contributed by atoms with Gasteiger partial charge in [0.05, 0.1) is 0 Å². The Balaban J connectivity index is 2.63. The molecule has 0 aromatic heterocycles. The van der Waals surface area contributed by atoms with Crippen molar-refractivity contribution in [3.63, 3.8) is 0 Å². The summed E-state index contributed by atoms with van der Waals surface area (Å²) in [6.45, 7) is 6.20. The molecule has 0 saturated heterocycles. The lowest BCUT2D eigenvalue weighted by Gasteiger charge is -2.23. The second kappa shape index (κ2) is 7.88. The van der Waals surface area contributed by atoms with E-state index in [0.717, 1.165) is 13.0 Å². The largest absolute Gasteiger partial charge is 0.338 e. The van der Waals surface area contributed by atoms with Gasteiger partial charge in [0.2, 0.25) is 5.91 Å². The normalized spacial score (nSPS) is 10.7. The smallest absolute Gasteiger partial charge is 0.223 e. The van der Waals surface area contributed by atoms with Gasteiger partial charge in [-0.3, -0.25) is 4.79 Å². The third kappa shape index (κ3) is 5.32. The average Bonchev–Trinajstić information content (AvgIpc) is 2.34. The fourth-order valence-corrected chi connectivity index (χ4v) is 1.86. The lowest BCUT2D eigenvalue weighted by molar-refractivity contribution is -0.132. The first-order valence-corrected chi connectivity index (χ1v) is 6.65. The summed E-state index contributed by atoms with van der Waals surface area (Å²) in [5.74, 6) is 0.621. The van der Waals surface area contributed by atoms with Crippen LogP contribution in [0, 0.1) is 5.92 Å². The standard InChI is InChI=1S/C15H24N2O/c1-13(2)11-15(18)17(10-6-9-16)12-14-7-4-3-5-8-14/h3-5,7-8,13H,6,9-12,16H2,1-2H3. The van der Waals surface area contributed by atoms with E-state index in [1.165, 1.54) is 5.56 Å². The molecule has 1 amide bonds. The molecule has 0 radical (unpaired) electrons. The first-order chi connectivity index (χ1) is 8.63. The molecule has 0 heterocycles. The zero-order valence-corrected chi connectivity index (χ0v) is 11.4. The SMILES string of the molecule is CC(C)CC(=O)N(CCCN)Cc1ccccc1. The number of hydrogen-bond acceptors (Lipinski definition) is 2. The van der Waals surface area contributed by atoms with Gasteiger partial charge in [0.1, 0.15) is 0 Å². The molecule has 0 atom stereocenters. The van der Waals surface area contributed by atoms with Crippen LogP contribution in [-0.2, 0) is 11.3 Å². The Labute approximate surface area is 110 Å². The second-order valence-corrected chi connectivity index (χ2v) is 5.04. The highest BCUT2D eigenvalue weighted by atomic mass is 16.2. The number of rotatable bonds is 7. The lowest BCUT2D eigenvalue weighted by atomic mass is 10.1. The van der Waals surface area contributed by atoms with E-state index in [-0.39, 0.29) is 5.91 Å². The molecule has 0 spiro atoms. The van der Waals surface area contributed by atoms with E-state index in [4.69, 9.17) is 5.73 Å². The summed E-state index contributed by atoms with van der Waals surface area (Å²) in [4.78, 5) is 14.1. The van der Waals surface area contributed by atoms with Gasteiger partial charge in [0.25, 0.3) is 0 Å². The van der Waals surface area contributed by atoms with Crippen molar-refractivity contribution in [1.29, 1.82) is 0 Å². The van der Waals surface area contributed by atoms with E-state index in [2.05, 4.69) is 26.0 Å². The Kier molecular flexibility index (Phi) is 6.44. The molecule has 100 valence electrons. The predicted octanol–water partition coefficient (Wildman–Crippen LogP) is 2.41. The first-order valence-electron chi connectivity index (χ1n) is 6.65. The maximum Gasteiger partial charge on any atom is 0.223 e. The highest BCUT2D eigenvalue weighted by Crippen LogP contribution is 2.10. The molecular weight excluding hydrogens is 224 g/mol. The van der Waals surface area contributed by atoms with Crippen molar-refractivity contribution in [2.45, 2.75) is 33.2 Å². The fraction of sp³-hybridized carbons (Fsp3) is 0.533. The van der Waals surface area contributed by atoms with Crippen LogP contribution in [-0.4, -0.2) is 23.9 Å². The van der Waals surface area contributed by atoms with Gasteiger partial charge in [-0.05, 0) is 24.4 Å². The molecule has 0 unspecified atom stereocenters. The minimum absolute atomic E-state index is 0.224. The van der Waals surface area contributed by atoms with Gasteiger partial charge in [-0.25, -0.2) is 0 Å². The summed E-state index contributed by atoms with van der Waals surface area (Å²) < 4.78 is 0. The van der Waals surface area contributed by atoms with Gasteiger partial charge in [-0.2, -0.15) is 0 Å². The third-order valence-corrected chi connectivity index (χ3v) is 2.78. The highest BCUT2D eigenvalue weighted by Gasteiger charge is 2.14. The van der Waals surface area contributed by atoms with Crippen molar-refractivity contribution in [2.75, 3.05) is 13.1 Å². The highest BCUT2D eigenvalue weighted by molar-refractivity contribution is 5.76. The van der Waals surface area contributed by atoms with E-state index in [0.29, 0.717) is 25.4 Å². The monoisotopic (exact) mass is 248 g/mol. The van der Waals surface area contributed by atoms with Crippen LogP contribution < -0.4 is 5.73 Å². The van der Waals surface area contributed by atoms with E-state index >= 15 is 0 Å². The zero-order chi connectivity index (χ0) is 13.4. The molecule has 3 heteroatoms. The molecule has 0 aliphatic carbocycles. The summed E-state index contributed by atoms with van der Waals surface area (Å²) in [7, 11) is 0. The number of hydrogen-bond donors (Lipinski definition) is 1. The average molecular weight is 248 g/mol. The Hall–Kier alpha value is -1.35. The Morgan fingerprint density at radius 2 is 1.94 bits per heavy atom. The molecular formula is C15H24N2O. The summed E-state index contributed by atoms with van der Waals surface area (Å²) in [6, 6.07) is 10.1. The number of nitrogens with two attached hydrogens (primary N) is 1. The molecule has 2 N–H and O–H groups in total. The topological polar surface area (TPSA) is 46.3 Å². The molecule has 1 rings (SSSR count). The van der Waals surface area contributed by atoms with Crippen molar-refractivity contribution < 1.29 is 4.79 Å². The van der Waals surface area contributed by atoms with Crippen LogP contribution in [0.15, 0.2) is 30.3 Å². The van der Waals surface area contributed by atoms with Crippen LogP contribution >= 0.6 is 0 Å². The zero-order valence-electron chi connectivity index (χ0n) is 11.4. The number of carbonyl (C=O) groups is 1. The third-order valence-electron chi connectivity index (χ3n) is 2.78. The minimum Gasteiger partial charge on any atom is -0.338 e. The molecule has 0 aliphatic rings. The molecule has 3 nitrogen and oxygen atoms in total. The number of carbonyl (C=O) groups excluding carboxylic acids is 1. The minimum atomic E-state index is 0.224. The van der Waals surface area contributed by atoms with Gasteiger partial charge < -0.3 is 10.6 Å². The van der Waals surface area contributed by atoms with Crippen molar-refractivity contribution in [3.8, 4) is 0 Å². The molecule has 0 bridgehead atoms. The summed E-state index contributed by atoms with van der Waals surface area (Å²) in [5, 5.41) is 0. The van der Waals surface area contributed by atoms with Gasteiger partial charge in [-0.15, -0.1) is 0 Å². The molecule has 0 saturated carbocycles. The van der Waals surface area contributed by atoms with Crippen molar-refractivity contribution >= 4 is 5.91 Å². The number of benzene rings is 1. The predicted molar refractivity (Wildman–Crippen MR) is 75.0 cm³/mol. The Morgan fingerprint density at radius 1 is 1.28 bits per heavy atom. The van der Waals surface area contributed by atoms with Crippen molar-refractivity contribution in [2.24, 2.45) is 11.7 Å². The van der Waals surface area contributed by atoms with Gasteiger partial charge in [-0.1, -0.05) is 44.2 Å². The van der Waals surface area contributed by atoms with Crippen LogP contribution in [0.3, 0.4) is 0 Å². The molecule has 0 fully saturated rings. The van der Waals surface area contributed by atoms with E-state index in [1.54, 1.807) is 0 Å². The second-order valence-electron chi connectivity index (χ2n) is 5.04. The molecule has 1 aromatic rings. The van der Waals surface area contributed by atoms with Crippen molar-refractivity contribution in [1.82, 2.24) is 4.90 Å². The molecule has 1 aromatic carbocycles. The molecule has 18 heavy (non-hydrogen) atoms. The fourth-order valence-electron chi connectivity index (χ4n) is 1.86. The van der Waals surface area contributed by atoms with E-state index in [1.807, 2.05) is 23.1 Å². The maximum absolute atomic E-state index is 12.1. The van der Waals surface area contributed by atoms with Gasteiger partial charge in [0.15, 0.2) is 0 Å². The first kappa shape index (κ1) is 14.7. The van der Waals surface area contributed by atoms with Crippen LogP contribution in [0.25, 0.3) is 0 Å². The van der Waals surface area contributed by atoms with Gasteiger partial charge in [0, 0.05) is 19.5 Å². The number of nitrogens with zero attached hydrogens (tertiary/aromatic N) is 1. The van der Waals surface area contributed by atoms with Crippen molar-refractivity contribution in [3.05, 3.63) is 35.9 Å². The van der Waals surface area contributed by atoms with Crippen LogP contribution in [0.1, 0.15) is 32.3 Å². The lowest BCUT2D eigenvalue weighted by Crippen LogP contribution is -2.33. The van der Waals surface area contributed by atoms with Crippen LogP contribution in [0.2, 0.25) is 0 Å². The summed E-state index contributed by atoms with van der Waals surface area (Å²) >= 11 is 0. The van der Waals surface area contributed by atoms with E-state index < -0.39 is 0 Å².